The van der Waals surface area contributed by atoms with Gasteiger partial charge in [-0.2, -0.15) is 0 Å². The van der Waals surface area contributed by atoms with E-state index in [9.17, 15) is 4.79 Å². The van der Waals surface area contributed by atoms with Gasteiger partial charge in [-0.1, -0.05) is 34.4 Å². The Balaban J connectivity index is 2.16. The van der Waals surface area contributed by atoms with Gasteiger partial charge in [0.25, 0.3) is 5.91 Å². The van der Waals surface area contributed by atoms with Gasteiger partial charge in [-0.15, -0.1) is 0 Å². The largest absolute Gasteiger partial charge is 0.395 e. The Bertz CT molecular complexity index is 587. The van der Waals surface area contributed by atoms with Crippen LogP contribution in [0.4, 0.5) is 0 Å². The van der Waals surface area contributed by atoms with Crippen LogP contribution >= 0.6 is 23.2 Å². The van der Waals surface area contributed by atoms with Gasteiger partial charge in [0.2, 0.25) is 0 Å². The number of benzene rings is 1. The fraction of sp³-hybridized carbons (Fsp3) is 0.231. The predicted octanol–water partition coefficient (Wildman–Crippen LogP) is 2.62. The Morgan fingerprint density at radius 2 is 2.10 bits per heavy atom. The monoisotopic (exact) mass is 314 g/mol. The number of hydrogen-bond donors (Lipinski definition) is 1. The molecule has 0 saturated carbocycles. The Hall–Kier alpha value is -1.56. The summed E-state index contributed by atoms with van der Waals surface area (Å²) in [4.78, 5) is 13.6. The summed E-state index contributed by atoms with van der Waals surface area (Å²) in [5.41, 5.74) is 1.00. The zero-order chi connectivity index (χ0) is 14.5. The minimum absolute atomic E-state index is 0.148. The number of aromatic nitrogens is 1. The van der Waals surface area contributed by atoms with Crippen LogP contribution in [0.15, 0.2) is 35.1 Å². The van der Waals surface area contributed by atoms with Crippen molar-refractivity contribution in [2.24, 2.45) is 0 Å². The SMILES string of the molecule is O=C(c1ccon1)N(CCO)Cc1ccc(Cl)c(Cl)c1. The first-order chi connectivity index (χ1) is 9.61. The second-order valence-corrected chi connectivity index (χ2v) is 4.90. The molecule has 0 radical (unpaired) electrons. The molecule has 20 heavy (non-hydrogen) atoms. The lowest BCUT2D eigenvalue weighted by atomic mass is 10.2. The average Bonchev–Trinajstić information content (AvgIpc) is 2.95. The first-order valence-corrected chi connectivity index (χ1v) is 6.62. The lowest BCUT2D eigenvalue weighted by Gasteiger charge is -2.20. The molecule has 0 aliphatic heterocycles. The normalized spacial score (nSPS) is 10.6. The summed E-state index contributed by atoms with van der Waals surface area (Å²) in [5.74, 6) is -0.320. The number of rotatable bonds is 5. The quantitative estimate of drug-likeness (QED) is 0.921. The van der Waals surface area contributed by atoms with Crippen molar-refractivity contribution in [2.45, 2.75) is 6.54 Å². The maximum atomic E-state index is 12.2. The lowest BCUT2D eigenvalue weighted by Crippen LogP contribution is -2.33. The maximum absolute atomic E-state index is 12.2. The summed E-state index contributed by atoms with van der Waals surface area (Å²) < 4.78 is 4.65. The Kier molecular flexibility index (Phi) is 5.00. The molecule has 1 aromatic heterocycles. The third kappa shape index (κ3) is 3.50. The van der Waals surface area contributed by atoms with Crippen LogP contribution in [0.2, 0.25) is 10.0 Å². The van der Waals surface area contributed by atoms with Gasteiger partial charge in [0.05, 0.1) is 16.7 Å². The average molecular weight is 315 g/mol. The molecule has 2 aromatic rings. The van der Waals surface area contributed by atoms with E-state index in [0.29, 0.717) is 16.6 Å². The molecule has 0 fully saturated rings. The topological polar surface area (TPSA) is 66.6 Å². The number of carbonyl (C=O) groups is 1. The maximum Gasteiger partial charge on any atom is 0.276 e. The van der Waals surface area contributed by atoms with Crippen molar-refractivity contribution in [1.82, 2.24) is 10.1 Å². The van der Waals surface area contributed by atoms with E-state index in [4.69, 9.17) is 28.3 Å². The van der Waals surface area contributed by atoms with Crippen molar-refractivity contribution in [1.29, 1.82) is 0 Å². The molecule has 0 aliphatic carbocycles. The van der Waals surface area contributed by atoms with Crippen molar-refractivity contribution in [3.8, 4) is 0 Å². The zero-order valence-corrected chi connectivity index (χ0v) is 11.9. The third-order valence-electron chi connectivity index (χ3n) is 2.67. The molecule has 1 N–H and O–H groups in total. The van der Waals surface area contributed by atoms with Gasteiger partial charge < -0.3 is 14.5 Å². The molecule has 0 unspecified atom stereocenters. The van der Waals surface area contributed by atoms with Gasteiger partial charge in [0.1, 0.15) is 6.26 Å². The van der Waals surface area contributed by atoms with Crippen LogP contribution in [0.5, 0.6) is 0 Å². The molecule has 0 atom stereocenters. The second-order valence-electron chi connectivity index (χ2n) is 4.08. The predicted molar refractivity (Wildman–Crippen MR) is 74.8 cm³/mol. The fourth-order valence-electron chi connectivity index (χ4n) is 1.72. The van der Waals surface area contributed by atoms with E-state index in [0.717, 1.165) is 5.56 Å². The zero-order valence-electron chi connectivity index (χ0n) is 10.4. The van der Waals surface area contributed by atoms with Crippen molar-refractivity contribution in [3.05, 3.63) is 51.8 Å². The molecule has 1 amide bonds. The van der Waals surface area contributed by atoms with Crippen molar-refractivity contribution in [2.75, 3.05) is 13.2 Å². The van der Waals surface area contributed by atoms with E-state index >= 15 is 0 Å². The van der Waals surface area contributed by atoms with Crippen molar-refractivity contribution >= 4 is 29.1 Å². The molecule has 0 saturated heterocycles. The van der Waals surface area contributed by atoms with Gasteiger partial charge in [-0.05, 0) is 17.7 Å². The van der Waals surface area contributed by atoms with Crippen LogP contribution in [-0.4, -0.2) is 34.2 Å². The lowest BCUT2D eigenvalue weighted by molar-refractivity contribution is 0.0697. The molecule has 0 bridgehead atoms. The van der Waals surface area contributed by atoms with Crippen LogP contribution in [0, 0.1) is 0 Å². The van der Waals surface area contributed by atoms with E-state index in [1.165, 1.54) is 17.2 Å². The standard InChI is InChI=1S/C13H12Cl2N2O3/c14-10-2-1-9(7-11(10)15)8-17(4-5-18)13(19)12-3-6-20-16-12/h1-3,6-7,18H,4-5,8H2. The summed E-state index contributed by atoms with van der Waals surface area (Å²) in [6, 6.07) is 6.59. The van der Waals surface area contributed by atoms with Crippen molar-refractivity contribution in [3.63, 3.8) is 0 Å². The number of amides is 1. The Labute approximate surface area is 125 Å². The van der Waals surface area contributed by atoms with Gasteiger partial charge in [0.15, 0.2) is 5.69 Å². The summed E-state index contributed by atoms with van der Waals surface area (Å²) in [7, 11) is 0. The second kappa shape index (κ2) is 6.74. The number of nitrogens with zero attached hydrogens (tertiary/aromatic N) is 2. The number of aliphatic hydroxyl groups excluding tert-OH is 1. The van der Waals surface area contributed by atoms with Gasteiger partial charge >= 0.3 is 0 Å². The molecule has 1 aromatic carbocycles. The van der Waals surface area contributed by atoms with Gasteiger partial charge in [0, 0.05) is 19.2 Å². The summed E-state index contributed by atoms with van der Waals surface area (Å²) in [5, 5.41) is 13.5. The van der Waals surface area contributed by atoms with E-state index in [1.807, 2.05) is 0 Å². The summed E-state index contributed by atoms with van der Waals surface area (Å²) in [6.07, 6.45) is 1.32. The highest BCUT2D eigenvalue weighted by Gasteiger charge is 2.18. The number of aliphatic hydroxyl groups is 1. The van der Waals surface area contributed by atoms with Crippen LogP contribution in [-0.2, 0) is 6.54 Å². The molecular formula is C13H12Cl2N2O3. The number of hydrogen-bond acceptors (Lipinski definition) is 4. The number of halogens is 2. The van der Waals surface area contributed by atoms with Crippen LogP contribution in [0.1, 0.15) is 16.1 Å². The number of carbonyl (C=O) groups excluding carboxylic acids is 1. The van der Waals surface area contributed by atoms with E-state index in [2.05, 4.69) is 9.68 Å². The smallest absolute Gasteiger partial charge is 0.276 e. The van der Waals surface area contributed by atoms with Crippen LogP contribution in [0.3, 0.4) is 0 Å². The minimum atomic E-state index is -0.320. The highest BCUT2D eigenvalue weighted by molar-refractivity contribution is 6.42. The summed E-state index contributed by atoms with van der Waals surface area (Å²) >= 11 is 11.8. The molecule has 106 valence electrons. The molecule has 2 rings (SSSR count). The Morgan fingerprint density at radius 3 is 2.70 bits per heavy atom. The van der Waals surface area contributed by atoms with Gasteiger partial charge in [-0.25, -0.2) is 0 Å². The van der Waals surface area contributed by atoms with Crippen LogP contribution in [0.25, 0.3) is 0 Å². The summed E-state index contributed by atoms with van der Waals surface area (Å²) in [6.45, 7) is 0.333. The molecular weight excluding hydrogens is 303 g/mol. The first kappa shape index (κ1) is 14.8. The van der Waals surface area contributed by atoms with E-state index in [-0.39, 0.29) is 24.8 Å². The minimum Gasteiger partial charge on any atom is -0.395 e. The first-order valence-electron chi connectivity index (χ1n) is 5.86. The molecule has 5 nitrogen and oxygen atoms in total. The highest BCUT2D eigenvalue weighted by atomic mass is 35.5. The molecule has 0 aliphatic rings. The Morgan fingerprint density at radius 1 is 1.30 bits per heavy atom. The van der Waals surface area contributed by atoms with Crippen LogP contribution < -0.4 is 0 Å². The van der Waals surface area contributed by atoms with Gasteiger partial charge in [-0.3, -0.25) is 4.79 Å². The molecule has 7 heteroatoms. The third-order valence-corrected chi connectivity index (χ3v) is 3.41. The van der Waals surface area contributed by atoms with E-state index in [1.54, 1.807) is 18.2 Å². The highest BCUT2D eigenvalue weighted by Crippen LogP contribution is 2.23. The molecule has 1 heterocycles. The van der Waals surface area contributed by atoms with Crippen molar-refractivity contribution < 1.29 is 14.4 Å². The van der Waals surface area contributed by atoms with E-state index < -0.39 is 0 Å². The fourth-order valence-corrected chi connectivity index (χ4v) is 2.04. The molecule has 0 spiro atoms.